The van der Waals surface area contributed by atoms with Gasteiger partial charge in [-0.15, -0.1) is 0 Å². The smallest absolute Gasteiger partial charge is 0.308 e. The Morgan fingerprint density at radius 1 is 1.04 bits per heavy atom. The van der Waals surface area contributed by atoms with Crippen LogP contribution in [0.15, 0.2) is 59.7 Å². The fraction of sp³-hybridized carbons (Fsp3) is 0.105. The third kappa shape index (κ3) is 3.92. The van der Waals surface area contributed by atoms with E-state index in [2.05, 4.69) is 15.6 Å². The molecule has 0 aliphatic carbocycles. The van der Waals surface area contributed by atoms with Gasteiger partial charge in [0.1, 0.15) is 0 Å². The van der Waals surface area contributed by atoms with Crippen LogP contribution in [-0.2, 0) is 0 Å². The van der Waals surface area contributed by atoms with Gasteiger partial charge < -0.3 is 5.32 Å². The van der Waals surface area contributed by atoms with E-state index in [4.69, 9.17) is 11.6 Å². The molecular weight excluding hydrogens is 352 g/mol. The summed E-state index contributed by atoms with van der Waals surface area (Å²) >= 11 is 5.87. The third-order valence-electron chi connectivity index (χ3n) is 3.94. The summed E-state index contributed by atoms with van der Waals surface area (Å²) < 4.78 is 1.38. The number of rotatable bonds is 3. The predicted molar refractivity (Wildman–Crippen MR) is 103 cm³/mol. The molecule has 0 aliphatic rings. The predicted octanol–water partition coefficient (Wildman–Crippen LogP) is 4.15. The molecule has 0 bridgehead atoms. The van der Waals surface area contributed by atoms with Gasteiger partial charge in [0.2, 0.25) is 5.82 Å². The number of urea groups is 1. The van der Waals surface area contributed by atoms with Crippen LogP contribution in [0.25, 0.3) is 5.69 Å². The van der Waals surface area contributed by atoms with Crippen molar-refractivity contribution in [2.45, 2.75) is 13.8 Å². The number of aromatic nitrogens is 2. The Labute approximate surface area is 155 Å². The second kappa shape index (κ2) is 7.41. The van der Waals surface area contributed by atoms with Gasteiger partial charge in [0.25, 0.3) is 5.56 Å². The highest BCUT2D eigenvalue weighted by Gasteiger charge is 2.10. The van der Waals surface area contributed by atoms with Crippen LogP contribution in [0.3, 0.4) is 0 Å². The van der Waals surface area contributed by atoms with Crippen LogP contribution >= 0.6 is 11.6 Å². The summed E-state index contributed by atoms with van der Waals surface area (Å²) in [5.74, 6) is -0.0659. The topological polar surface area (TPSA) is 76.0 Å². The van der Waals surface area contributed by atoms with Gasteiger partial charge in [-0.3, -0.25) is 14.7 Å². The normalized spacial score (nSPS) is 10.4. The summed E-state index contributed by atoms with van der Waals surface area (Å²) in [5, 5.41) is 5.76. The maximum Gasteiger partial charge on any atom is 0.325 e. The van der Waals surface area contributed by atoms with Gasteiger partial charge >= 0.3 is 6.03 Å². The minimum Gasteiger partial charge on any atom is -0.308 e. The molecular formula is C19H17ClN4O2. The van der Waals surface area contributed by atoms with E-state index < -0.39 is 11.6 Å². The first kappa shape index (κ1) is 17.7. The summed E-state index contributed by atoms with van der Waals surface area (Å²) in [6.07, 6.45) is 2.97. The first-order valence-electron chi connectivity index (χ1n) is 7.93. The van der Waals surface area contributed by atoms with Gasteiger partial charge in [-0.25, -0.2) is 9.78 Å². The standard InChI is InChI=1S/C19H17ClN4O2/c1-12-3-6-15(11-13(12)2)22-19(26)23-17-18(25)24(10-9-21-17)16-7-4-14(20)5-8-16/h3-11H,1-2H3,(H2,21,22,23,26). The lowest BCUT2D eigenvalue weighted by Crippen LogP contribution is -2.28. The average Bonchev–Trinajstić information content (AvgIpc) is 2.61. The first-order valence-corrected chi connectivity index (χ1v) is 8.31. The van der Waals surface area contributed by atoms with E-state index in [0.29, 0.717) is 16.4 Å². The Bertz CT molecular complexity index is 1010. The average molecular weight is 369 g/mol. The van der Waals surface area contributed by atoms with Crippen molar-refractivity contribution in [1.82, 2.24) is 9.55 Å². The van der Waals surface area contributed by atoms with Crippen molar-refractivity contribution >= 4 is 29.1 Å². The number of aryl methyl sites for hydroxylation is 2. The Balaban J connectivity index is 1.80. The van der Waals surface area contributed by atoms with E-state index in [-0.39, 0.29) is 5.82 Å². The number of amides is 2. The van der Waals surface area contributed by atoms with Gasteiger partial charge in [-0.2, -0.15) is 0 Å². The molecule has 132 valence electrons. The zero-order valence-electron chi connectivity index (χ0n) is 14.3. The zero-order chi connectivity index (χ0) is 18.7. The molecule has 6 nitrogen and oxygen atoms in total. The molecule has 7 heteroatoms. The van der Waals surface area contributed by atoms with Crippen LogP contribution in [0.1, 0.15) is 11.1 Å². The molecule has 3 aromatic rings. The summed E-state index contributed by atoms with van der Waals surface area (Å²) in [6.45, 7) is 3.95. The van der Waals surface area contributed by atoms with Crippen molar-refractivity contribution in [2.75, 3.05) is 10.6 Å². The molecule has 0 fully saturated rings. The van der Waals surface area contributed by atoms with Crippen LogP contribution < -0.4 is 16.2 Å². The molecule has 2 N–H and O–H groups in total. The molecule has 3 rings (SSSR count). The van der Waals surface area contributed by atoms with Crippen molar-refractivity contribution in [3.8, 4) is 5.69 Å². The van der Waals surface area contributed by atoms with Crippen LogP contribution in [0.4, 0.5) is 16.3 Å². The van der Waals surface area contributed by atoms with Crippen LogP contribution in [-0.4, -0.2) is 15.6 Å². The van der Waals surface area contributed by atoms with E-state index >= 15 is 0 Å². The summed E-state index contributed by atoms with van der Waals surface area (Å²) in [7, 11) is 0. The van der Waals surface area contributed by atoms with Gasteiger partial charge in [-0.05, 0) is 61.4 Å². The lowest BCUT2D eigenvalue weighted by atomic mass is 10.1. The second-order valence-electron chi connectivity index (χ2n) is 5.81. The number of halogens is 1. The lowest BCUT2D eigenvalue weighted by Gasteiger charge is -2.10. The zero-order valence-corrected chi connectivity index (χ0v) is 15.0. The van der Waals surface area contributed by atoms with Crippen molar-refractivity contribution in [3.63, 3.8) is 0 Å². The molecule has 1 heterocycles. The van der Waals surface area contributed by atoms with Crippen LogP contribution in [0.5, 0.6) is 0 Å². The van der Waals surface area contributed by atoms with Crippen molar-refractivity contribution in [2.24, 2.45) is 0 Å². The summed E-state index contributed by atoms with van der Waals surface area (Å²) in [4.78, 5) is 28.7. The van der Waals surface area contributed by atoms with Crippen molar-refractivity contribution < 1.29 is 4.79 Å². The highest BCUT2D eigenvalue weighted by Crippen LogP contribution is 2.15. The third-order valence-corrected chi connectivity index (χ3v) is 4.19. The Kier molecular flexibility index (Phi) is 5.04. The van der Waals surface area contributed by atoms with Crippen molar-refractivity contribution in [1.29, 1.82) is 0 Å². The second-order valence-corrected chi connectivity index (χ2v) is 6.24. The van der Waals surface area contributed by atoms with E-state index in [1.54, 1.807) is 30.3 Å². The lowest BCUT2D eigenvalue weighted by molar-refractivity contribution is 0.262. The SMILES string of the molecule is Cc1ccc(NC(=O)Nc2nccn(-c3ccc(Cl)cc3)c2=O)cc1C. The highest BCUT2D eigenvalue weighted by molar-refractivity contribution is 6.30. The van der Waals surface area contributed by atoms with Gasteiger partial charge in [0.05, 0.1) is 0 Å². The molecule has 0 saturated carbocycles. The van der Waals surface area contributed by atoms with E-state index in [1.165, 1.54) is 17.0 Å². The van der Waals surface area contributed by atoms with E-state index in [9.17, 15) is 9.59 Å². The summed E-state index contributed by atoms with van der Waals surface area (Å²) in [6, 6.07) is 11.8. The molecule has 0 aliphatic heterocycles. The van der Waals surface area contributed by atoms with Crippen molar-refractivity contribution in [3.05, 3.63) is 81.4 Å². The highest BCUT2D eigenvalue weighted by atomic mass is 35.5. The largest absolute Gasteiger partial charge is 0.325 e. The van der Waals surface area contributed by atoms with Crippen LogP contribution in [0.2, 0.25) is 5.02 Å². The summed E-state index contributed by atoms with van der Waals surface area (Å²) in [5.41, 5.74) is 3.02. The number of nitrogens with zero attached hydrogens (tertiary/aromatic N) is 2. The molecule has 0 radical (unpaired) electrons. The van der Waals surface area contributed by atoms with Gasteiger partial charge in [0, 0.05) is 28.8 Å². The number of nitrogens with one attached hydrogen (secondary N) is 2. The minimum absolute atomic E-state index is 0.0659. The number of hydrogen-bond donors (Lipinski definition) is 2. The molecule has 26 heavy (non-hydrogen) atoms. The number of carbonyl (C=O) groups excluding carboxylic acids is 1. The van der Waals surface area contributed by atoms with Gasteiger partial charge in [0.15, 0.2) is 0 Å². The molecule has 2 amide bonds. The molecule has 0 unspecified atom stereocenters. The van der Waals surface area contributed by atoms with Crippen LogP contribution in [0, 0.1) is 13.8 Å². The number of benzene rings is 2. The minimum atomic E-state index is -0.535. The molecule has 0 atom stereocenters. The van der Waals surface area contributed by atoms with E-state index in [0.717, 1.165) is 11.1 Å². The van der Waals surface area contributed by atoms with E-state index in [1.807, 2.05) is 26.0 Å². The monoisotopic (exact) mass is 368 g/mol. The first-order chi connectivity index (χ1) is 12.4. The number of anilines is 2. The molecule has 2 aromatic carbocycles. The molecule has 0 spiro atoms. The Hall–Kier alpha value is -3.12. The fourth-order valence-electron chi connectivity index (χ4n) is 2.39. The number of carbonyl (C=O) groups is 1. The Morgan fingerprint density at radius 3 is 2.46 bits per heavy atom. The van der Waals surface area contributed by atoms with Gasteiger partial charge in [-0.1, -0.05) is 17.7 Å². The number of hydrogen-bond acceptors (Lipinski definition) is 3. The maximum atomic E-state index is 12.6. The molecule has 1 aromatic heterocycles. The fourth-order valence-corrected chi connectivity index (χ4v) is 2.52. The molecule has 0 saturated heterocycles. The quantitative estimate of drug-likeness (QED) is 0.729. The Morgan fingerprint density at radius 2 is 1.77 bits per heavy atom. The maximum absolute atomic E-state index is 12.6.